The Morgan fingerprint density at radius 3 is 2.03 bits per heavy atom. The smallest absolute Gasteiger partial charge is 0.490 e. The standard InChI is InChI=1S/C21H21N3O3.C2HF3O2/c1-11(2)19-18-14-9-16(26-3)17(27-4)10-15(14)20(22-21(18)24-23-19)12-5-7-13(25)8-6-12;3-2(4,5)1(6)7/h5-11,25H,1-4H3,(H,22,23,24);(H,6,7). The zero-order valence-corrected chi connectivity index (χ0v) is 18.7. The molecule has 0 atom stereocenters. The number of halogens is 3. The van der Waals surface area contributed by atoms with Crippen LogP contribution in [0.15, 0.2) is 36.4 Å². The van der Waals surface area contributed by atoms with Crippen molar-refractivity contribution in [2.45, 2.75) is 25.9 Å². The van der Waals surface area contributed by atoms with E-state index in [1.807, 2.05) is 24.3 Å². The molecule has 0 unspecified atom stereocenters. The van der Waals surface area contributed by atoms with Crippen LogP contribution in [0.25, 0.3) is 33.1 Å². The second-order valence-corrected chi connectivity index (χ2v) is 7.55. The zero-order chi connectivity index (χ0) is 25.2. The minimum atomic E-state index is -5.08. The maximum Gasteiger partial charge on any atom is 0.490 e. The molecule has 180 valence electrons. The molecule has 4 rings (SSSR count). The van der Waals surface area contributed by atoms with E-state index in [0.717, 1.165) is 38.8 Å². The fraction of sp³-hybridized carbons (Fsp3) is 0.261. The number of phenolic OH excluding ortho intramolecular Hbond substituents is 1. The third kappa shape index (κ3) is 4.82. The summed E-state index contributed by atoms with van der Waals surface area (Å²) >= 11 is 0. The number of aliphatic carboxylic acids is 1. The number of nitrogens with one attached hydrogen (secondary N) is 1. The minimum absolute atomic E-state index is 0.215. The molecule has 0 bridgehead atoms. The number of carboxylic acids is 1. The number of aromatic amines is 1. The number of aromatic hydroxyl groups is 1. The maximum atomic E-state index is 10.6. The number of methoxy groups -OCH3 is 2. The number of nitrogens with zero attached hydrogens (tertiary/aromatic N) is 2. The third-order valence-corrected chi connectivity index (χ3v) is 4.98. The predicted molar refractivity (Wildman–Crippen MR) is 119 cm³/mol. The lowest BCUT2D eigenvalue weighted by Gasteiger charge is -2.13. The van der Waals surface area contributed by atoms with Gasteiger partial charge in [0.05, 0.1) is 31.0 Å². The predicted octanol–water partition coefficient (Wildman–Crippen LogP) is 5.26. The number of benzene rings is 2. The van der Waals surface area contributed by atoms with Crippen molar-refractivity contribution in [3.63, 3.8) is 0 Å². The van der Waals surface area contributed by atoms with Gasteiger partial charge in [0.25, 0.3) is 0 Å². The SMILES string of the molecule is COc1cc2c(-c3ccc(O)cc3)nc3[nH]nc(C(C)C)c3c2cc1OC.O=C(O)C(F)(F)F. The number of H-pyrrole nitrogens is 1. The first-order chi connectivity index (χ1) is 16.0. The summed E-state index contributed by atoms with van der Waals surface area (Å²) in [6, 6.07) is 10.9. The lowest BCUT2D eigenvalue weighted by atomic mass is 9.98. The van der Waals surface area contributed by atoms with E-state index < -0.39 is 12.1 Å². The van der Waals surface area contributed by atoms with Gasteiger partial charge < -0.3 is 19.7 Å². The summed E-state index contributed by atoms with van der Waals surface area (Å²) in [6.45, 7) is 4.21. The van der Waals surface area contributed by atoms with E-state index in [4.69, 9.17) is 24.4 Å². The number of carbonyl (C=O) groups is 1. The molecule has 11 heteroatoms. The molecule has 34 heavy (non-hydrogen) atoms. The lowest BCUT2D eigenvalue weighted by Crippen LogP contribution is -2.21. The minimum Gasteiger partial charge on any atom is -0.508 e. The highest BCUT2D eigenvalue weighted by atomic mass is 19.4. The zero-order valence-electron chi connectivity index (χ0n) is 18.7. The van der Waals surface area contributed by atoms with Gasteiger partial charge in [0.2, 0.25) is 0 Å². The van der Waals surface area contributed by atoms with Crippen LogP contribution >= 0.6 is 0 Å². The molecule has 0 saturated carbocycles. The maximum absolute atomic E-state index is 10.6. The Labute approximate surface area is 192 Å². The fourth-order valence-electron chi connectivity index (χ4n) is 3.40. The van der Waals surface area contributed by atoms with Gasteiger partial charge in [-0.1, -0.05) is 13.8 Å². The Kier molecular flexibility index (Phi) is 6.85. The van der Waals surface area contributed by atoms with E-state index in [1.54, 1.807) is 26.4 Å². The normalized spacial score (nSPS) is 11.4. The molecule has 0 spiro atoms. The van der Waals surface area contributed by atoms with Crippen LogP contribution in [0, 0.1) is 0 Å². The Bertz CT molecular complexity index is 1330. The average Bonchev–Trinajstić information content (AvgIpc) is 3.22. The van der Waals surface area contributed by atoms with Crippen molar-refractivity contribution in [3.8, 4) is 28.5 Å². The van der Waals surface area contributed by atoms with Crippen LogP contribution in [0.1, 0.15) is 25.5 Å². The van der Waals surface area contributed by atoms with Gasteiger partial charge >= 0.3 is 12.1 Å². The summed E-state index contributed by atoms with van der Waals surface area (Å²) < 4.78 is 42.8. The number of hydrogen-bond donors (Lipinski definition) is 3. The van der Waals surface area contributed by atoms with E-state index in [1.165, 1.54) is 0 Å². The first kappa shape index (κ1) is 24.6. The molecule has 0 aliphatic heterocycles. The lowest BCUT2D eigenvalue weighted by molar-refractivity contribution is -0.192. The van der Waals surface area contributed by atoms with Gasteiger partial charge in [0.15, 0.2) is 17.1 Å². The molecule has 0 fully saturated rings. The second-order valence-electron chi connectivity index (χ2n) is 7.55. The average molecular weight is 477 g/mol. The summed E-state index contributed by atoms with van der Waals surface area (Å²) in [5.41, 5.74) is 3.37. The first-order valence-corrected chi connectivity index (χ1v) is 10.0. The molecule has 2 aromatic carbocycles. The number of rotatable bonds is 4. The van der Waals surface area contributed by atoms with Crippen molar-refractivity contribution in [1.82, 2.24) is 15.2 Å². The van der Waals surface area contributed by atoms with Crippen molar-refractivity contribution in [2.24, 2.45) is 0 Å². The van der Waals surface area contributed by atoms with E-state index in [0.29, 0.717) is 11.5 Å². The Morgan fingerprint density at radius 1 is 1.03 bits per heavy atom. The molecular weight excluding hydrogens is 455 g/mol. The van der Waals surface area contributed by atoms with Crippen LogP contribution in [-0.4, -0.2) is 51.8 Å². The second kappa shape index (κ2) is 9.46. The summed E-state index contributed by atoms with van der Waals surface area (Å²) in [4.78, 5) is 13.7. The summed E-state index contributed by atoms with van der Waals surface area (Å²) in [6.07, 6.45) is -5.08. The fourth-order valence-corrected chi connectivity index (χ4v) is 3.40. The van der Waals surface area contributed by atoms with Gasteiger partial charge in [-0.3, -0.25) is 5.10 Å². The Balaban J connectivity index is 0.000000406. The number of carboxylic acid groups (broad SMARTS) is 1. The summed E-state index contributed by atoms with van der Waals surface area (Å²) in [5, 5.41) is 27.2. The molecule has 4 aromatic rings. The summed E-state index contributed by atoms with van der Waals surface area (Å²) in [5.74, 6) is -0.998. The van der Waals surface area contributed by atoms with Crippen molar-refractivity contribution < 1.29 is 37.7 Å². The van der Waals surface area contributed by atoms with Crippen molar-refractivity contribution >= 4 is 27.8 Å². The van der Waals surface area contributed by atoms with Crippen LogP contribution in [-0.2, 0) is 4.79 Å². The quantitative estimate of drug-likeness (QED) is 0.367. The molecule has 0 saturated heterocycles. The van der Waals surface area contributed by atoms with E-state index in [-0.39, 0.29) is 11.7 Å². The van der Waals surface area contributed by atoms with E-state index in [9.17, 15) is 18.3 Å². The highest BCUT2D eigenvalue weighted by Crippen LogP contribution is 2.41. The number of phenols is 1. The van der Waals surface area contributed by atoms with Crippen LogP contribution in [0.5, 0.6) is 17.2 Å². The number of hydrogen-bond acceptors (Lipinski definition) is 6. The van der Waals surface area contributed by atoms with Gasteiger partial charge in [-0.2, -0.15) is 18.3 Å². The van der Waals surface area contributed by atoms with Crippen molar-refractivity contribution in [3.05, 3.63) is 42.1 Å². The molecule has 0 aliphatic rings. The highest BCUT2D eigenvalue weighted by Gasteiger charge is 2.38. The number of fused-ring (bicyclic) bond motifs is 3. The molecule has 2 heterocycles. The van der Waals surface area contributed by atoms with Gasteiger partial charge in [-0.15, -0.1) is 0 Å². The number of alkyl halides is 3. The number of aromatic nitrogens is 3. The number of pyridine rings is 1. The Hall–Kier alpha value is -4.02. The van der Waals surface area contributed by atoms with Gasteiger partial charge in [-0.05, 0) is 42.3 Å². The van der Waals surface area contributed by atoms with E-state index in [2.05, 4.69) is 24.0 Å². The highest BCUT2D eigenvalue weighted by molar-refractivity contribution is 6.12. The molecule has 0 radical (unpaired) electrons. The molecular formula is C23H22F3N3O5. The topological polar surface area (TPSA) is 118 Å². The van der Waals surface area contributed by atoms with Gasteiger partial charge in [0, 0.05) is 16.3 Å². The van der Waals surface area contributed by atoms with Crippen LogP contribution < -0.4 is 9.47 Å². The van der Waals surface area contributed by atoms with Gasteiger partial charge in [-0.25, -0.2) is 9.78 Å². The largest absolute Gasteiger partial charge is 0.508 e. The van der Waals surface area contributed by atoms with Crippen LogP contribution in [0.4, 0.5) is 13.2 Å². The van der Waals surface area contributed by atoms with Crippen LogP contribution in [0.2, 0.25) is 0 Å². The first-order valence-electron chi connectivity index (χ1n) is 10.0. The van der Waals surface area contributed by atoms with Crippen molar-refractivity contribution in [2.75, 3.05) is 14.2 Å². The summed E-state index contributed by atoms with van der Waals surface area (Å²) in [7, 11) is 3.24. The number of ether oxygens (including phenoxy) is 2. The molecule has 0 amide bonds. The molecule has 2 aromatic heterocycles. The Morgan fingerprint density at radius 2 is 1.56 bits per heavy atom. The monoisotopic (exact) mass is 477 g/mol. The molecule has 8 nitrogen and oxygen atoms in total. The van der Waals surface area contributed by atoms with E-state index >= 15 is 0 Å². The van der Waals surface area contributed by atoms with Crippen LogP contribution in [0.3, 0.4) is 0 Å². The van der Waals surface area contributed by atoms with Gasteiger partial charge in [0.1, 0.15) is 5.75 Å². The molecule has 0 aliphatic carbocycles. The molecule has 3 N–H and O–H groups in total. The third-order valence-electron chi connectivity index (χ3n) is 4.98. The van der Waals surface area contributed by atoms with Crippen molar-refractivity contribution in [1.29, 1.82) is 0 Å².